The minimum atomic E-state index is -3.80. The normalized spacial score (nSPS) is 17.8. The molecule has 2 saturated carbocycles. The second kappa shape index (κ2) is 37.4. The maximum Gasteiger partial charge on any atom is -0.0134 e. The molecule has 2 unspecified atom stereocenters. The molecule has 115 heavy (non-hydrogen) atoms. The number of nitrogens with zero attached hydrogens (tertiary/aromatic N) is 8. The van der Waals surface area contributed by atoms with Crippen LogP contribution in [-0.4, -0.2) is 71.5 Å². The Morgan fingerprint density at radius 3 is 1.03 bits per heavy atom. The Morgan fingerprint density at radius 2 is 0.757 bits per heavy atom. The molecule has 4 bridgehead atoms. The van der Waals surface area contributed by atoms with E-state index in [4.69, 9.17) is 24.0 Å². The molecule has 23 heteroatoms. The van der Waals surface area contributed by atoms with E-state index in [-0.39, 0.29) is 62.2 Å². The van der Waals surface area contributed by atoms with E-state index in [1.165, 1.54) is 58.2 Å². The fourth-order valence-corrected chi connectivity index (χ4v) is 23.9. The second-order valence-corrected chi connectivity index (χ2v) is 41.3. The van der Waals surface area contributed by atoms with Crippen molar-refractivity contribution >= 4 is 137 Å². The summed E-state index contributed by atoms with van der Waals surface area (Å²) in [4.78, 5) is 9.54. The molecule has 0 saturated heterocycles. The first kappa shape index (κ1) is 87.3. The molecule has 8 aromatic carbocycles. The predicted octanol–water partition coefficient (Wildman–Crippen LogP) is 19.9. The van der Waals surface area contributed by atoms with Crippen LogP contribution in [-0.2, 0) is 50.1 Å². The third-order valence-electron chi connectivity index (χ3n) is 23.1. The first-order valence-corrected chi connectivity index (χ1v) is 47.5. The van der Waals surface area contributed by atoms with Gasteiger partial charge in [0.05, 0.1) is 22.2 Å². The van der Waals surface area contributed by atoms with Crippen molar-refractivity contribution in [3.05, 3.63) is 332 Å². The SMILES string of the molecule is C.C.CC1(C)C2C=C(B(O)O)[C@]1(C)CC2.Cn1cc(-c2cn(S(=O)(=O)c3ccccc3)c3ncc(Br)cc23)cn1.Cn1cc(-c2cn(S(=O)(=O)c3ccccc3)c3ncc(C4=CC5CC[C@]4(C)C5(C)C)cc23)cn1.[Cl][Pd][Cl].c1ccc(P(c2ccccc2)c2ccccc2)cc1.c1ccc(P(c2ccccc2)c2ccccc2)cc1. The maximum atomic E-state index is 13.6. The minimum absolute atomic E-state index is 0. The van der Waals surface area contributed by atoms with Crippen LogP contribution in [0.5, 0.6) is 0 Å². The van der Waals surface area contributed by atoms with Gasteiger partial charge in [-0.2, -0.15) is 10.2 Å². The number of aromatic nitrogens is 8. The molecule has 4 atom stereocenters. The monoisotopic (exact) mass is 1800 g/mol. The van der Waals surface area contributed by atoms with Crippen LogP contribution in [0.1, 0.15) is 87.6 Å². The molecule has 6 aromatic heterocycles. The van der Waals surface area contributed by atoms with Crippen LogP contribution in [0.4, 0.5) is 0 Å². The summed E-state index contributed by atoms with van der Waals surface area (Å²) in [6.07, 6.45) is 23.1. The molecule has 0 amide bonds. The van der Waals surface area contributed by atoms with E-state index in [0.717, 1.165) is 61.4 Å². The van der Waals surface area contributed by atoms with Gasteiger partial charge in [-0.15, -0.1) is 0 Å². The summed E-state index contributed by atoms with van der Waals surface area (Å²) in [5, 5.41) is 37.0. The predicted molar refractivity (Wildman–Crippen MR) is 481 cm³/mol. The standard InChI is InChI=1S/C27H28N4O2S.2C18H15P.C17H13BrN4O2S.C10H17BO2.2CH4.2ClH.Pd/c1-26(2)20-10-11-27(26,3)24(13-20)18-12-22-23(19-15-29-30(4)16-19)17-31(25(22)28-14-18)34(32,33)21-8-6-5-7-9-21;2*1-4-10-16(11-5-1)19(17-12-6-2-7-13-17)18-14-8-3-9-15-18;1-21-10-12(8-20-21)16-11-22(17-15(16)7-13(18)9-19-17)25(23,24)14-5-3-2-4-6-14;1-9(2)7-4-5-10(9,3)8(6-7)11(12)13;;;;;/h5-9,12-17,20H,10-11H2,1-4H3;2*1-15H;2-11H,1H3;6-7,12-13H,4-5H2,1-3H3;2*1H4;2*1H;/q;;;;;;;;;+2/p-2/t20?,27-;;;;7?,10-;;;;;/m0...0...../s1. The first-order chi connectivity index (χ1) is 54.3. The maximum absolute atomic E-state index is 13.6. The van der Waals surface area contributed by atoms with Gasteiger partial charge >= 0.3 is 42.1 Å². The molecular weight excluding hydrogens is 1710 g/mol. The molecule has 2 N–H and O–H groups in total. The van der Waals surface area contributed by atoms with Crippen LogP contribution in [0, 0.1) is 33.5 Å². The van der Waals surface area contributed by atoms with E-state index in [1.54, 1.807) is 94.9 Å². The van der Waals surface area contributed by atoms with Crippen LogP contribution in [0.15, 0.2) is 336 Å². The van der Waals surface area contributed by atoms with Crippen molar-refractivity contribution < 1.29 is 42.8 Å². The van der Waals surface area contributed by atoms with Crippen molar-refractivity contribution in [2.24, 2.45) is 47.6 Å². The fourth-order valence-electron chi connectivity index (χ4n) is 16.2. The van der Waals surface area contributed by atoms with Crippen LogP contribution in [0.25, 0.3) is 49.9 Å². The number of aryl methyl sites for hydroxylation is 2. The van der Waals surface area contributed by atoms with E-state index in [9.17, 15) is 26.9 Å². The number of benzene rings is 8. The average Bonchev–Trinajstić information content (AvgIpc) is 1.51. The largest absolute Gasteiger partial charge is 0.0622 e. The van der Waals surface area contributed by atoms with Gasteiger partial charge in [-0.3, -0.25) is 9.36 Å². The summed E-state index contributed by atoms with van der Waals surface area (Å²) >= 11 is 3.30. The number of allylic oxidation sites excluding steroid dienone is 4. The molecular formula is C92H96BBrCl2N8O6P2PdS2. The van der Waals surface area contributed by atoms with Gasteiger partial charge in [0.25, 0.3) is 20.0 Å². The van der Waals surface area contributed by atoms with Crippen molar-refractivity contribution in [1.82, 2.24) is 37.5 Å². The van der Waals surface area contributed by atoms with Crippen LogP contribution in [0.2, 0.25) is 0 Å². The minimum Gasteiger partial charge on any atom is -0.0622 e. The van der Waals surface area contributed by atoms with Gasteiger partial charge in [-0.1, -0.05) is 287 Å². The Hall–Kier alpha value is -8.49. The van der Waals surface area contributed by atoms with E-state index < -0.39 is 43.0 Å². The summed E-state index contributed by atoms with van der Waals surface area (Å²) in [6, 6.07) is 85.5. The van der Waals surface area contributed by atoms with Gasteiger partial charge in [0.15, 0.2) is 11.3 Å². The molecule has 0 spiro atoms. The summed E-state index contributed by atoms with van der Waals surface area (Å²) in [6.45, 7) is 13.7. The van der Waals surface area contributed by atoms with Crippen molar-refractivity contribution in [2.75, 3.05) is 0 Å². The van der Waals surface area contributed by atoms with E-state index in [1.807, 2.05) is 44.8 Å². The van der Waals surface area contributed by atoms with Gasteiger partial charge in [0.1, 0.15) is 0 Å². The third-order valence-corrected chi connectivity index (χ3v) is 31.7. The van der Waals surface area contributed by atoms with Gasteiger partial charge in [0.2, 0.25) is 0 Å². The Bertz CT molecular complexity index is 5590. The van der Waals surface area contributed by atoms with Crippen molar-refractivity contribution in [3.8, 4) is 22.3 Å². The molecule has 18 rings (SSSR count). The molecule has 14 nitrogen and oxygen atoms in total. The molecule has 4 aliphatic carbocycles. The number of hydrogen-bond acceptors (Lipinski definition) is 10. The van der Waals surface area contributed by atoms with E-state index in [0.29, 0.717) is 23.1 Å². The van der Waals surface area contributed by atoms with Crippen LogP contribution >= 0.6 is 50.8 Å². The Balaban J connectivity index is 0.000000144. The molecule has 6 heterocycles. The molecule has 596 valence electrons. The zero-order valence-corrected chi connectivity index (χ0v) is 71.9. The number of pyridine rings is 2. The average molecular weight is 1800 g/mol. The first-order valence-electron chi connectivity index (χ1n) is 37.1. The Morgan fingerprint density at radius 1 is 0.443 bits per heavy atom. The summed E-state index contributed by atoms with van der Waals surface area (Å²) < 4.78 is 60.0. The molecule has 0 aliphatic heterocycles. The molecule has 0 radical (unpaired) electrons. The summed E-state index contributed by atoms with van der Waals surface area (Å²) in [5.74, 6) is 1.10. The second-order valence-electron chi connectivity index (χ2n) is 29.9. The van der Waals surface area contributed by atoms with E-state index in [2.05, 4.69) is 273 Å². The Kier molecular flexibility index (Phi) is 28.4. The zero-order chi connectivity index (χ0) is 79.9. The molecule has 14 aromatic rings. The Labute approximate surface area is 705 Å². The number of fused-ring (bicyclic) bond motifs is 6. The smallest absolute Gasteiger partial charge is 0.0134 e. The van der Waals surface area contributed by atoms with Crippen molar-refractivity contribution in [2.45, 2.75) is 91.9 Å². The third kappa shape index (κ3) is 18.2. The molecule has 4 aliphatic rings. The quantitative estimate of drug-likeness (QED) is 0.0786. The van der Waals surface area contributed by atoms with Gasteiger partial charge in [-0.25, -0.2) is 34.7 Å². The van der Waals surface area contributed by atoms with Gasteiger partial charge in [0, 0.05) is 88.8 Å². The van der Waals surface area contributed by atoms with Gasteiger partial charge in [-0.05, 0) is 176 Å². The van der Waals surface area contributed by atoms with Crippen molar-refractivity contribution in [3.63, 3.8) is 0 Å². The van der Waals surface area contributed by atoms with Crippen molar-refractivity contribution in [1.29, 1.82) is 0 Å². The fraction of sp³-hybridized carbons (Fsp3) is 0.217. The number of halogens is 3. The number of rotatable bonds is 14. The van der Waals surface area contributed by atoms with Crippen LogP contribution in [0.3, 0.4) is 0 Å². The topological polar surface area (TPSA) is 180 Å². The summed E-state index contributed by atoms with van der Waals surface area (Å²) in [7, 11) is 3.60. The molecule has 2 fully saturated rings. The zero-order valence-electron chi connectivity index (χ0n) is 63.8. The number of hydrogen-bond donors (Lipinski definition) is 2. The summed E-state index contributed by atoms with van der Waals surface area (Å²) in [5.41, 5.74) is 7.81. The van der Waals surface area contributed by atoms with E-state index >= 15 is 0 Å². The van der Waals surface area contributed by atoms with Crippen LogP contribution < -0.4 is 31.8 Å². The van der Waals surface area contributed by atoms with Gasteiger partial charge < -0.3 is 10.0 Å².